The number of carbonyl (C=O) groups excluding carboxylic acids is 1. The lowest BCUT2D eigenvalue weighted by Crippen LogP contribution is -2.22. The van der Waals surface area contributed by atoms with E-state index < -0.39 is 0 Å². The van der Waals surface area contributed by atoms with Gasteiger partial charge in [0, 0.05) is 6.54 Å². The van der Waals surface area contributed by atoms with Crippen molar-refractivity contribution in [2.75, 3.05) is 6.54 Å². The van der Waals surface area contributed by atoms with E-state index in [9.17, 15) is 4.79 Å². The van der Waals surface area contributed by atoms with Crippen molar-refractivity contribution in [3.63, 3.8) is 0 Å². The minimum atomic E-state index is 0.0908. The third kappa shape index (κ3) is 6.14. The van der Waals surface area contributed by atoms with Gasteiger partial charge in [-0.3, -0.25) is 4.79 Å². The molecule has 0 heterocycles. The van der Waals surface area contributed by atoms with Crippen molar-refractivity contribution in [3.8, 4) is 0 Å². The second-order valence-corrected chi connectivity index (χ2v) is 3.22. The molecule has 0 spiro atoms. The van der Waals surface area contributed by atoms with Crippen molar-refractivity contribution >= 4 is 5.91 Å². The summed E-state index contributed by atoms with van der Waals surface area (Å²) in [6, 6.07) is 0. The van der Waals surface area contributed by atoms with Crippen LogP contribution in [0.4, 0.5) is 0 Å². The molecule has 0 aliphatic rings. The van der Waals surface area contributed by atoms with Crippen LogP contribution in [0.15, 0.2) is 23.3 Å². The van der Waals surface area contributed by atoms with Gasteiger partial charge in [0.1, 0.15) is 0 Å². The third-order valence-corrected chi connectivity index (χ3v) is 1.58. The SMILES string of the molecule is CC=C(C=C(C)C)CC(=O)NCC. The molecule has 0 atom stereocenters. The van der Waals surface area contributed by atoms with Crippen molar-refractivity contribution in [1.82, 2.24) is 5.32 Å². The Hall–Kier alpha value is -1.05. The van der Waals surface area contributed by atoms with Gasteiger partial charge < -0.3 is 5.32 Å². The van der Waals surface area contributed by atoms with E-state index in [0.29, 0.717) is 13.0 Å². The van der Waals surface area contributed by atoms with Crippen LogP contribution in [0.2, 0.25) is 0 Å². The number of amides is 1. The molecule has 0 saturated carbocycles. The zero-order chi connectivity index (χ0) is 10.3. The van der Waals surface area contributed by atoms with E-state index in [1.54, 1.807) is 0 Å². The fourth-order valence-electron chi connectivity index (χ4n) is 1.05. The largest absolute Gasteiger partial charge is 0.356 e. The number of allylic oxidation sites excluding steroid dienone is 3. The molecule has 0 aliphatic carbocycles. The molecule has 0 fully saturated rings. The highest BCUT2D eigenvalue weighted by Gasteiger charge is 2.00. The lowest BCUT2D eigenvalue weighted by Gasteiger charge is -2.03. The average molecular weight is 181 g/mol. The van der Waals surface area contributed by atoms with E-state index in [1.807, 2.05) is 39.8 Å². The minimum absolute atomic E-state index is 0.0908. The summed E-state index contributed by atoms with van der Waals surface area (Å²) in [5.74, 6) is 0.0908. The molecule has 0 aromatic rings. The van der Waals surface area contributed by atoms with Crippen LogP contribution in [0.1, 0.15) is 34.1 Å². The zero-order valence-corrected chi connectivity index (χ0v) is 8.98. The summed E-state index contributed by atoms with van der Waals surface area (Å²) in [6.45, 7) is 8.63. The van der Waals surface area contributed by atoms with Crippen LogP contribution in [0.5, 0.6) is 0 Å². The van der Waals surface area contributed by atoms with Crippen LogP contribution in [-0.4, -0.2) is 12.5 Å². The zero-order valence-electron chi connectivity index (χ0n) is 8.98. The fraction of sp³-hybridized carbons (Fsp3) is 0.545. The summed E-state index contributed by atoms with van der Waals surface area (Å²) < 4.78 is 0. The molecule has 0 saturated heterocycles. The lowest BCUT2D eigenvalue weighted by atomic mass is 10.1. The number of carbonyl (C=O) groups is 1. The molecule has 1 N–H and O–H groups in total. The normalized spacial score (nSPS) is 10.9. The molecule has 13 heavy (non-hydrogen) atoms. The monoisotopic (exact) mass is 181 g/mol. The van der Waals surface area contributed by atoms with Crippen molar-refractivity contribution < 1.29 is 4.79 Å². The van der Waals surface area contributed by atoms with Crippen LogP contribution in [0.3, 0.4) is 0 Å². The molecular weight excluding hydrogens is 162 g/mol. The fourth-order valence-corrected chi connectivity index (χ4v) is 1.05. The average Bonchev–Trinajstić information content (AvgIpc) is 2.02. The van der Waals surface area contributed by atoms with E-state index >= 15 is 0 Å². The lowest BCUT2D eigenvalue weighted by molar-refractivity contribution is -0.120. The summed E-state index contributed by atoms with van der Waals surface area (Å²) in [5, 5.41) is 2.77. The first-order chi connectivity index (χ1) is 6.10. The Balaban J connectivity index is 4.16. The Bertz CT molecular complexity index is 222. The van der Waals surface area contributed by atoms with Gasteiger partial charge in [-0.05, 0) is 33.3 Å². The first-order valence-corrected chi connectivity index (χ1v) is 4.67. The van der Waals surface area contributed by atoms with Gasteiger partial charge in [0.05, 0.1) is 6.42 Å². The summed E-state index contributed by atoms with van der Waals surface area (Å²) in [4.78, 5) is 11.2. The molecule has 0 radical (unpaired) electrons. The van der Waals surface area contributed by atoms with Crippen molar-refractivity contribution in [1.29, 1.82) is 0 Å². The molecular formula is C11H19NO. The summed E-state index contributed by atoms with van der Waals surface area (Å²) in [7, 11) is 0. The molecule has 0 aliphatic heterocycles. The summed E-state index contributed by atoms with van der Waals surface area (Å²) >= 11 is 0. The maximum atomic E-state index is 11.2. The standard InChI is InChI=1S/C11H19NO/c1-5-10(7-9(3)4)8-11(13)12-6-2/h5,7H,6,8H2,1-4H3,(H,12,13). The molecule has 0 unspecified atom stereocenters. The smallest absolute Gasteiger partial charge is 0.224 e. The van der Waals surface area contributed by atoms with Gasteiger partial charge in [-0.15, -0.1) is 0 Å². The van der Waals surface area contributed by atoms with Gasteiger partial charge in [0.15, 0.2) is 0 Å². The first-order valence-electron chi connectivity index (χ1n) is 4.67. The van der Waals surface area contributed by atoms with Crippen molar-refractivity contribution in [2.45, 2.75) is 34.1 Å². The quantitative estimate of drug-likeness (QED) is 0.663. The molecule has 2 nitrogen and oxygen atoms in total. The summed E-state index contributed by atoms with van der Waals surface area (Å²) in [5.41, 5.74) is 2.29. The van der Waals surface area contributed by atoms with Crippen LogP contribution in [0.25, 0.3) is 0 Å². The minimum Gasteiger partial charge on any atom is -0.356 e. The van der Waals surface area contributed by atoms with E-state index in [1.165, 1.54) is 5.57 Å². The first kappa shape index (κ1) is 11.9. The molecule has 74 valence electrons. The van der Waals surface area contributed by atoms with Crippen LogP contribution >= 0.6 is 0 Å². The van der Waals surface area contributed by atoms with Crippen molar-refractivity contribution in [3.05, 3.63) is 23.3 Å². The molecule has 1 amide bonds. The van der Waals surface area contributed by atoms with Crippen LogP contribution < -0.4 is 5.32 Å². The highest BCUT2D eigenvalue weighted by Crippen LogP contribution is 2.06. The number of nitrogens with one attached hydrogen (secondary N) is 1. The Morgan fingerprint density at radius 3 is 2.38 bits per heavy atom. The van der Waals surface area contributed by atoms with E-state index in [-0.39, 0.29) is 5.91 Å². The Morgan fingerprint density at radius 1 is 1.38 bits per heavy atom. The predicted molar refractivity (Wildman–Crippen MR) is 56.5 cm³/mol. The summed E-state index contributed by atoms with van der Waals surface area (Å²) in [6.07, 6.45) is 4.49. The van der Waals surface area contributed by atoms with Gasteiger partial charge in [0.25, 0.3) is 0 Å². The second-order valence-electron chi connectivity index (χ2n) is 3.22. The molecule has 0 rings (SSSR count). The Kier molecular flexibility index (Phi) is 5.94. The van der Waals surface area contributed by atoms with Crippen LogP contribution in [-0.2, 0) is 4.79 Å². The number of hydrogen-bond donors (Lipinski definition) is 1. The van der Waals surface area contributed by atoms with Gasteiger partial charge >= 0.3 is 0 Å². The Morgan fingerprint density at radius 2 is 2.00 bits per heavy atom. The third-order valence-electron chi connectivity index (χ3n) is 1.58. The van der Waals surface area contributed by atoms with Crippen LogP contribution in [0, 0.1) is 0 Å². The molecule has 0 bridgehead atoms. The van der Waals surface area contributed by atoms with Gasteiger partial charge in [-0.2, -0.15) is 0 Å². The number of hydrogen-bond acceptors (Lipinski definition) is 1. The predicted octanol–water partition coefficient (Wildman–Crippen LogP) is 2.43. The number of rotatable bonds is 4. The highest BCUT2D eigenvalue weighted by molar-refractivity contribution is 5.79. The topological polar surface area (TPSA) is 29.1 Å². The van der Waals surface area contributed by atoms with E-state index in [4.69, 9.17) is 0 Å². The van der Waals surface area contributed by atoms with E-state index in [0.717, 1.165) is 5.57 Å². The van der Waals surface area contributed by atoms with Crippen molar-refractivity contribution in [2.24, 2.45) is 0 Å². The Labute approximate surface area is 80.7 Å². The van der Waals surface area contributed by atoms with E-state index in [2.05, 4.69) is 5.32 Å². The molecule has 0 aromatic heterocycles. The second kappa shape index (κ2) is 6.46. The van der Waals surface area contributed by atoms with Gasteiger partial charge in [0.2, 0.25) is 5.91 Å². The highest BCUT2D eigenvalue weighted by atomic mass is 16.1. The molecule has 2 heteroatoms. The van der Waals surface area contributed by atoms with Gasteiger partial charge in [-0.25, -0.2) is 0 Å². The maximum absolute atomic E-state index is 11.2. The maximum Gasteiger partial charge on any atom is 0.224 e. The van der Waals surface area contributed by atoms with Gasteiger partial charge in [-0.1, -0.05) is 17.7 Å². The molecule has 0 aromatic carbocycles.